The Morgan fingerprint density at radius 2 is 2.04 bits per heavy atom. The first kappa shape index (κ1) is 22.0. The lowest BCUT2D eigenvalue weighted by molar-refractivity contribution is -0.426. The number of rotatable bonds is 7. The number of hydrogen-bond donors (Lipinski definition) is 1. The van der Waals surface area contributed by atoms with Gasteiger partial charge < -0.3 is 15.1 Å². The number of halogens is 1. The number of carbonyl (C=O) groups is 1. The van der Waals surface area contributed by atoms with Crippen LogP contribution in [0.1, 0.15) is 6.42 Å². The molecule has 1 aliphatic rings. The highest BCUT2D eigenvalue weighted by atomic mass is 19.1. The van der Waals surface area contributed by atoms with Gasteiger partial charge in [-0.25, -0.2) is 9.38 Å². The summed E-state index contributed by atoms with van der Waals surface area (Å²) in [6, 6.07) is 5.98. The third kappa shape index (κ3) is 8.73. The first-order chi connectivity index (χ1) is 13.0. The standard InChI is InChI=1S/C11H18N4O2.C7H6FNO/c1-3-4-11(15(16)17)9-12-10-14-7-5-13(2)6-8-14;8-6-3-1-2-4-7(6)9-5-10/h3,9-10H,1,4-8H2,2H3;1-5H,(H,9,10)/b11-9+,12-10?;. The van der Waals surface area contributed by atoms with Gasteiger partial charge in [-0.2, -0.15) is 0 Å². The van der Waals surface area contributed by atoms with Gasteiger partial charge in [0.2, 0.25) is 6.41 Å². The van der Waals surface area contributed by atoms with Crippen LogP contribution in [0.5, 0.6) is 0 Å². The number of para-hydroxylation sites is 1. The molecule has 27 heavy (non-hydrogen) atoms. The molecule has 0 bridgehead atoms. The van der Waals surface area contributed by atoms with E-state index in [0.29, 0.717) is 6.41 Å². The van der Waals surface area contributed by atoms with E-state index in [1.165, 1.54) is 24.4 Å². The second-order valence-corrected chi connectivity index (χ2v) is 5.72. The minimum absolute atomic E-state index is 0.0605. The number of piperazine rings is 1. The molecule has 1 aliphatic heterocycles. The van der Waals surface area contributed by atoms with Crippen LogP contribution < -0.4 is 5.32 Å². The molecule has 146 valence electrons. The van der Waals surface area contributed by atoms with Crippen molar-refractivity contribution in [2.45, 2.75) is 6.42 Å². The van der Waals surface area contributed by atoms with Gasteiger partial charge in [0.1, 0.15) is 12.0 Å². The SMILES string of the molecule is C=CC/C(=C\N=CN1CCN(C)CC1)[N+](=O)[O-].O=CNc1ccccc1F. The Morgan fingerprint density at radius 3 is 2.59 bits per heavy atom. The van der Waals surface area contributed by atoms with Crippen LogP contribution in [0.25, 0.3) is 0 Å². The molecule has 0 spiro atoms. The highest BCUT2D eigenvalue weighted by Gasteiger charge is 2.10. The summed E-state index contributed by atoms with van der Waals surface area (Å²) in [6.07, 6.45) is 5.13. The van der Waals surface area contributed by atoms with Crippen LogP contribution in [0.15, 0.2) is 53.8 Å². The molecule has 0 atom stereocenters. The van der Waals surface area contributed by atoms with Crippen molar-refractivity contribution in [1.29, 1.82) is 0 Å². The molecule has 0 saturated carbocycles. The third-order valence-electron chi connectivity index (χ3n) is 3.67. The number of allylic oxidation sites excluding steroid dienone is 1. The van der Waals surface area contributed by atoms with Gasteiger partial charge in [0.05, 0.1) is 23.4 Å². The molecule has 0 aromatic heterocycles. The summed E-state index contributed by atoms with van der Waals surface area (Å²) in [6.45, 7) is 7.27. The number of aliphatic imine (C=N–C) groups is 1. The molecule has 2 rings (SSSR count). The Labute approximate surface area is 157 Å². The monoisotopic (exact) mass is 377 g/mol. The average Bonchev–Trinajstić information content (AvgIpc) is 2.65. The van der Waals surface area contributed by atoms with E-state index >= 15 is 0 Å². The van der Waals surface area contributed by atoms with E-state index in [1.54, 1.807) is 18.5 Å². The van der Waals surface area contributed by atoms with Gasteiger partial charge >= 0.3 is 0 Å². The maximum Gasteiger partial charge on any atom is 0.268 e. The van der Waals surface area contributed by atoms with Crippen LogP contribution >= 0.6 is 0 Å². The van der Waals surface area contributed by atoms with Gasteiger partial charge in [0.25, 0.3) is 5.70 Å². The van der Waals surface area contributed by atoms with Crippen LogP contribution in [-0.4, -0.2) is 60.7 Å². The molecule has 8 nitrogen and oxygen atoms in total. The summed E-state index contributed by atoms with van der Waals surface area (Å²) in [5.74, 6) is -0.422. The molecule has 0 radical (unpaired) electrons. The number of nitro groups is 1. The van der Waals surface area contributed by atoms with Crippen LogP contribution in [0.3, 0.4) is 0 Å². The summed E-state index contributed by atoms with van der Waals surface area (Å²) in [4.78, 5) is 28.3. The molecule has 1 aromatic carbocycles. The van der Waals surface area contributed by atoms with E-state index in [-0.39, 0.29) is 17.8 Å². The second-order valence-electron chi connectivity index (χ2n) is 5.72. The fourth-order valence-electron chi connectivity index (χ4n) is 2.12. The molecular weight excluding hydrogens is 353 g/mol. The van der Waals surface area contributed by atoms with Gasteiger partial charge in [0, 0.05) is 26.2 Å². The van der Waals surface area contributed by atoms with E-state index in [0.717, 1.165) is 26.2 Å². The molecule has 1 N–H and O–H groups in total. The van der Waals surface area contributed by atoms with Crippen LogP contribution in [0, 0.1) is 15.9 Å². The van der Waals surface area contributed by atoms with Crippen molar-refractivity contribution in [2.24, 2.45) is 4.99 Å². The zero-order valence-corrected chi connectivity index (χ0v) is 15.3. The Bertz CT molecular complexity index is 685. The second kappa shape index (κ2) is 12.3. The Morgan fingerprint density at radius 1 is 1.37 bits per heavy atom. The predicted octanol–water partition coefficient (Wildman–Crippen LogP) is 2.35. The number of nitrogens with one attached hydrogen (secondary N) is 1. The van der Waals surface area contributed by atoms with Crippen molar-refractivity contribution in [2.75, 3.05) is 38.5 Å². The zero-order valence-electron chi connectivity index (χ0n) is 15.3. The molecule has 1 heterocycles. The molecule has 0 aliphatic carbocycles. The van der Waals surface area contributed by atoms with Crippen molar-refractivity contribution in [3.63, 3.8) is 0 Å². The maximum atomic E-state index is 12.6. The summed E-state index contributed by atoms with van der Waals surface area (Å²) in [5.41, 5.74) is 0.267. The lowest BCUT2D eigenvalue weighted by Gasteiger charge is -2.30. The summed E-state index contributed by atoms with van der Waals surface area (Å²) in [5, 5.41) is 12.8. The van der Waals surface area contributed by atoms with Crippen LogP contribution in [-0.2, 0) is 4.79 Å². The highest BCUT2D eigenvalue weighted by Crippen LogP contribution is 2.10. The minimum Gasteiger partial charge on any atom is -0.360 e. The smallest absolute Gasteiger partial charge is 0.268 e. The van der Waals surface area contributed by atoms with E-state index in [9.17, 15) is 19.3 Å². The minimum atomic E-state index is -0.428. The van der Waals surface area contributed by atoms with Crippen LogP contribution in [0.2, 0.25) is 0 Å². The molecule has 1 amide bonds. The van der Waals surface area contributed by atoms with E-state index in [1.807, 2.05) is 0 Å². The van der Waals surface area contributed by atoms with Gasteiger partial charge in [-0.05, 0) is 19.2 Å². The van der Waals surface area contributed by atoms with Crippen molar-refractivity contribution in [1.82, 2.24) is 9.80 Å². The fraction of sp³-hybridized carbons (Fsp3) is 0.333. The molecule has 1 aromatic rings. The summed E-state index contributed by atoms with van der Waals surface area (Å²) in [7, 11) is 2.07. The van der Waals surface area contributed by atoms with Gasteiger partial charge in [0.15, 0.2) is 0 Å². The number of benzene rings is 1. The highest BCUT2D eigenvalue weighted by molar-refractivity contribution is 5.71. The van der Waals surface area contributed by atoms with Crippen molar-refractivity contribution < 1.29 is 14.1 Å². The van der Waals surface area contributed by atoms with Gasteiger partial charge in [-0.3, -0.25) is 14.9 Å². The average molecular weight is 377 g/mol. The largest absolute Gasteiger partial charge is 0.360 e. The molecule has 1 saturated heterocycles. The number of carbonyl (C=O) groups excluding carboxylic acids is 1. The van der Waals surface area contributed by atoms with Gasteiger partial charge in [-0.1, -0.05) is 18.2 Å². The number of hydrogen-bond acceptors (Lipinski definition) is 5. The van der Waals surface area contributed by atoms with Crippen molar-refractivity contribution >= 4 is 18.4 Å². The zero-order chi connectivity index (χ0) is 20.1. The van der Waals surface area contributed by atoms with E-state index < -0.39 is 10.7 Å². The molecule has 9 heteroatoms. The lowest BCUT2D eigenvalue weighted by Crippen LogP contribution is -2.43. The van der Waals surface area contributed by atoms with E-state index in [2.05, 4.69) is 33.7 Å². The van der Waals surface area contributed by atoms with E-state index in [4.69, 9.17) is 0 Å². The summed E-state index contributed by atoms with van der Waals surface area (Å²) >= 11 is 0. The Hall–Kier alpha value is -3.07. The maximum absolute atomic E-state index is 12.6. The number of anilines is 1. The topological polar surface area (TPSA) is 91.1 Å². The predicted molar refractivity (Wildman–Crippen MR) is 104 cm³/mol. The quantitative estimate of drug-likeness (QED) is 0.197. The fourth-order valence-corrected chi connectivity index (χ4v) is 2.12. The van der Waals surface area contributed by atoms with Gasteiger partial charge in [-0.15, -0.1) is 6.58 Å². The molecular formula is C18H24FN5O3. The first-order valence-electron chi connectivity index (χ1n) is 8.32. The number of likely N-dealkylation sites (N-methyl/N-ethyl adjacent to an activating group) is 1. The van der Waals surface area contributed by atoms with Crippen molar-refractivity contribution in [3.8, 4) is 0 Å². The number of nitrogens with zero attached hydrogens (tertiary/aromatic N) is 4. The Balaban J connectivity index is 0.000000309. The lowest BCUT2D eigenvalue weighted by atomic mass is 10.3. The Kier molecular flexibility index (Phi) is 10.0. The molecule has 1 fully saturated rings. The normalized spacial score (nSPS) is 15.0. The van der Waals surface area contributed by atoms with Crippen LogP contribution in [0.4, 0.5) is 10.1 Å². The first-order valence-corrected chi connectivity index (χ1v) is 8.32. The number of amides is 1. The molecule has 0 unspecified atom stereocenters. The third-order valence-corrected chi connectivity index (χ3v) is 3.67. The van der Waals surface area contributed by atoms with Crippen molar-refractivity contribution in [3.05, 3.63) is 64.7 Å². The summed E-state index contributed by atoms with van der Waals surface area (Å²) < 4.78 is 12.6.